The van der Waals surface area contributed by atoms with Crippen LogP contribution in [0, 0.1) is 12.7 Å². The number of furan rings is 1. The molecule has 6 heteroatoms. The average Bonchev–Trinajstić information content (AvgIpc) is 3.37. The molecule has 5 nitrogen and oxygen atoms in total. The van der Waals surface area contributed by atoms with Crippen molar-refractivity contribution in [1.82, 2.24) is 10.2 Å². The molecule has 1 aliphatic rings. The summed E-state index contributed by atoms with van der Waals surface area (Å²) in [7, 11) is 1.65. The van der Waals surface area contributed by atoms with Gasteiger partial charge in [-0.05, 0) is 68.8 Å². The molecule has 2 aromatic carbocycles. The SMILES string of the molecule is COc1ccc([C@@H](CNC(=O)c2oc3ccc(F)cc3c2C)N2CCCC2)cc1. The fourth-order valence-electron chi connectivity index (χ4n) is 4.02. The summed E-state index contributed by atoms with van der Waals surface area (Å²) in [6, 6.07) is 12.3. The van der Waals surface area contributed by atoms with Crippen LogP contribution < -0.4 is 10.1 Å². The molecule has 1 N–H and O–H groups in total. The van der Waals surface area contributed by atoms with Crippen LogP contribution in [0.25, 0.3) is 11.0 Å². The fourth-order valence-corrected chi connectivity index (χ4v) is 4.02. The minimum absolute atomic E-state index is 0.0782. The van der Waals surface area contributed by atoms with Crippen LogP contribution >= 0.6 is 0 Å². The molecule has 29 heavy (non-hydrogen) atoms. The zero-order valence-electron chi connectivity index (χ0n) is 16.7. The van der Waals surface area contributed by atoms with E-state index in [0.29, 0.717) is 23.1 Å². The summed E-state index contributed by atoms with van der Waals surface area (Å²) in [6.45, 7) is 4.27. The number of nitrogens with one attached hydrogen (secondary N) is 1. The number of likely N-dealkylation sites (tertiary alicyclic amines) is 1. The van der Waals surface area contributed by atoms with Crippen LogP contribution in [0.5, 0.6) is 5.75 Å². The predicted octanol–water partition coefficient (Wildman–Crippen LogP) is 4.46. The topological polar surface area (TPSA) is 54.7 Å². The number of carbonyl (C=O) groups is 1. The highest BCUT2D eigenvalue weighted by Gasteiger charge is 2.25. The van der Waals surface area contributed by atoms with Crippen molar-refractivity contribution in [2.24, 2.45) is 0 Å². The maximum atomic E-state index is 13.5. The first-order valence-corrected chi connectivity index (χ1v) is 9.91. The molecule has 4 rings (SSSR count). The van der Waals surface area contributed by atoms with Gasteiger partial charge in [-0.3, -0.25) is 9.69 Å². The molecule has 1 amide bonds. The predicted molar refractivity (Wildman–Crippen MR) is 110 cm³/mol. The Kier molecular flexibility index (Phi) is 5.53. The van der Waals surface area contributed by atoms with E-state index < -0.39 is 0 Å². The number of hydrogen-bond donors (Lipinski definition) is 1. The summed E-state index contributed by atoms with van der Waals surface area (Å²) in [4.78, 5) is 15.2. The molecule has 152 valence electrons. The van der Waals surface area contributed by atoms with E-state index in [1.165, 1.54) is 12.1 Å². The van der Waals surface area contributed by atoms with E-state index >= 15 is 0 Å². The summed E-state index contributed by atoms with van der Waals surface area (Å²) >= 11 is 0. The number of amides is 1. The molecule has 1 aliphatic heterocycles. The molecule has 0 aliphatic carbocycles. The normalized spacial score (nSPS) is 15.6. The standard InChI is InChI=1S/C23H25FN2O3/c1-15-19-13-17(24)7-10-21(19)29-22(15)23(27)25-14-20(26-11-3-4-12-26)16-5-8-18(28-2)9-6-16/h5-10,13,20H,3-4,11-12,14H2,1-2H3,(H,25,27)/t20-/m1/s1. The second kappa shape index (κ2) is 8.25. The zero-order valence-corrected chi connectivity index (χ0v) is 16.7. The van der Waals surface area contributed by atoms with Crippen LogP contribution in [0.4, 0.5) is 4.39 Å². The lowest BCUT2D eigenvalue weighted by Crippen LogP contribution is -2.36. The van der Waals surface area contributed by atoms with Crippen LogP contribution in [-0.4, -0.2) is 37.6 Å². The van der Waals surface area contributed by atoms with E-state index in [4.69, 9.17) is 9.15 Å². The number of aryl methyl sites for hydroxylation is 1. The number of fused-ring (bicyclic) bond motifs is 1. The van der Waals surface area contributed by atoms with Crippen LogP contribution in [0.2, 0.25) is 0 Å². The summed E-state index contributed by atoms with van der Waals surface area (Å²) < 4.78 is 24.5. The van der Waals surface area contributed by atoms with Gasteiger partial charge in [0.05, 0.1) is 13.2 Å². The number of ether oxygens (including phenoxy) is 1. The summed E-state index contributed by atoms with van der Waals surface area (Å²) in [5.74, 6) is 0.419. The number of halogens is 1. The quantitative estimate of drug-likeness (QED) is 0.669. The van der Waals surface area contributed by atoms with E-state index in [-0.39, 0.29) is 23.5 Å². The molecule has 0 bridgehead atoms. The molecule has 0 unspecified atom stereocenters. The van der Waals surface area contributed by atoms with Gasteiger partial charge < -0.3 is 14.5 Å². The van der Waals surface area contributed by atoms with E-state index in [9.17, 15) is 9.18 Å². The minimum atomic E-state index is -0.345. The monoisotopic (exact) mass is 396 g/mol. The molecule has 2 heterocycles. The second-order valence-corrected chi connectivity index (χ2v) is 7.44. The van der Waals surface area contributed by atoms with E-state index in [1.807, 2.05) is 24.3 Å². The molecule has 0 radical (unpaired) electrons. The lowest BCUT2D eigenvalue weighted by molar-refractivity contribution is 0.0911. The number of carbonyl (C=O) groups excluding carboxylic acids is 1. The van der Waals surface area contributed by atoms with Crippen LogP contribution in [0.15, 0.2) is 46.9 Å². The molecule has 1 aromatic heterocycles. The Labute approximate surface area is 169 Å². The smallest absolute Gasteiger partial charge is 0.287 e. The number of benzene rings is 2. The zero-order chi connectivity index (χ0) is 20.4. The van der Waals surface area contributed by atoms with Crippen molar-refractivity contribution in [1.29, 1.82) is 0 Å². The van der Waals surface area contributed by atoms with Gasteiger partial charge in [0.1, 0.15) is 17.1 Å². The molecule has 0 saturated carbocycles. The molecule has 3 aromatic rings. The van der Waals surface area contributed by atoms with Gasteiger partial charge >= 0.3 is 0 Å². The minimum Gasteiger partial charge on any atom is -0.497 e. The third-order valence-corrected chi connectivity index (χ3v) is 5.64. The number of rotatable bonds is 6. The molecule has 0 spiro atoms. The van der Waals surface area contributed by atoms with Crippen molar-refractivity contribution in [3.8, 4) is 5.75 Å². The first-order chi connectivity index (χ1) is 14.1. The van der Waals surface area contributed by atoms with Crippen molar-refractivity contribution < 1.29 is 18.3 Å². The first kappa shape index (κ1) is 19.5. The summed E-state index contributed by atoms with van der Waals surface area (Å²) in [5.41, 5.74) is 2.30. The Bertz CT molecular complexity index is 1010. The van der Waals surface area contributed by atoms with Gasteiger partial charge in [-0.25, -0.2) is 4.39 Å². The van der Waals surface area contributed by atoms with E-state index in [1.54, 1.807) is 20.1 Å². The van der Waals surface area contributed by atoms with Crippen LogP contribution in [0.1, 0.15) is 40.6 Å². The van der Waals surface area contributed by atoms with Crippen LogP contribution in [-0.2, 0) is 0 Å². The Morgan fingerprint density at radius 2 is 1.93 bits per heavy atom. The van der Waals surface area contributed by atoms with Gasteiger partial charge in [0, 0.05) is 17.5 Å². The van der Waals surface area contributed by atoms with Crippen molar-refractivity contribution in [3.05, 3.63) is 65.2 Å². The summed E-state index contributed by atoms with van der Waals surface area (Å²) in [6.07, 6.45) is 2.32. The third kappa shape index (κ3) is 3.98. The highest BCUT2D eigenvalue weighted by molar-refractivity contribution is 5.98. The maximum absolute atomic E-state index is 13.5. The van der Waals surface area contributed by atoms with Gasteiger partial charge in [0.25, 0.3) is 5.91 Å². The molecule has 1 saturated heterocycles. The lowest BCUT2D eigenvalue weighted by Gasteiger charge is -2.28. The van der Waals surface area contributed by atoms with E-state index in [2.05, 4.69) is 10.2 Å². The highest BCUT2D eigenvalue weighted by Crippen LogP contribution is 2.28. The second-order valence-electron chi connectivity index (χ2n) is 7.44. The maximum Gasteiger partial charge on any atom is 0.287 e. The van der Waals surface area contributed by atoms with Crippen molar-refractivity contribution in [3.63, 3.8) is 0 Å². The fraction of sp³-hybridized carbons (Fsp3) is 0.348. The number of nitrogens with zero attached hydrogens (tertiary/aromatic N) is 1. The first-order valence-electron chi connectivity index (χ1n) is 9.91. The van der Waals surface area contributed by atoms with Gasteiger partial charge in [0.15, 0.2) is 5.76 Å². The Morgan fingerprint density at radius 1 is 1.21 bits per heavy atom. The molecule has 1 fully saturated rings. The van der Waals surface area contributed by atoms with E-state index in [0.717, 1.165) is 37.2 Å². The third-order valence-electron chi connectivity index (χ3n) is 5.64. The van der Waals surface area contributed by atoms with Gasteiger partial charge in [-0.2, -0.15) is 0 Å². The number of methoxy groups -OCH3 is 1. The van der Waals surface area contributed by atoms with Crippen molar-refractivity contribution in [2.75, 3.05) is 26.7 Å². The summed E-state index contributed by atoms with van der Waals surface area (Å²) in [5, 5.41) is 3.65. The van der Waals surface area contributed by atoms with Gasteiger partial charge in [-0.1, -0.05) is 12.1 Å². The Balaban J connectivity index is 1.53. The molecule has 1 atom stereocenters. The molecular weight excluding hydrogens is 371 g/mol. The molecular formula is C23H25FN2O3. The highest BCUT2D eigenvalue weighted by atomic mass is 19.1. The van der Waals surface area contributed by atoms with Gasteiger partial charge in [0.2, 0.25) is 0 Å². The number of hydrogen-bond acceptors (Lipinski definition) is 4. The lowest BCUT2D eigenvalue weighted by atomic mass is 10.0. The van der Waals surface area contributed by atoms with Crippen LogP contribution in [0.3, 0.4) is 0 Å². The average molecular weight is 396 g/mol. The Morgan fingerprint density at radius 3 is 2.62 bits per heavy atom. The Hall–Kier alpha value is -2.86. The van der Waals surface area contributed by atoms with Gasteiger partial charge in [-0.15, -0.1) is 0 Å². The largest absolute Gasteiger partial charge is 0.497 e. The van der Waals surface area contributed by atoms with Crippen molar-refractivity contribution in [2.45, 2.75) is 25.8 Å². The van der Waals surface area contributed by atoms with Crippen molar-refractivity contribution >= 4 is 16.9 Å².